The highest BCUT2D eigenvalue weighted by Crippen LogP contribution is 2.15. The predicted molar refractivity (Wildman–Crippen MR) is 79.0 cm³/mol. The first kappa shape index (κ1) is 17.4. The van der Waals surface area contributed by atoms with Crippen LogP contribution in [0.15, 0.2) is 30.4 Å². The van der Waals surface area contributed by atoms with Crippen LogP contribution in [0.25, 0.3) is 0 Å². The van der Waals surface area contributed by atoms with E-state index in [4.69, 9.17) is 5.11 Å². The van der Waals surface area contributed by atoms with Gasteiger partial charge < -0.3 is 15.7 Å². The Morgan fingerprint density at radius 3 is 2.59 bits per heavy atom. The van der Waals surface area contributed by atoms with Crippen molar-refractivity contribution < 1.29 is 23.9 Å². The molecule has 1 atom stereocenters. The number of benzene rings is 1. The van der Waals surface area contributed by atoms with Gasteiger partial charge in [-0.25, -0.2) is 9.18 Å². The van der Waals surface area contributed by atoms with Gasteiger partial charge in [-0.3, -0.25) is 9.59 Å². The van der Waals surface area contributed by atoms with Crippen LogP contribution in [-0.2, 0) is 9.59 Å². The highest BCUT2D eigenvalue weighted by Gasteiger charge is 2.21. The SMILES string of the molecule is C/C=C/CC(NC(=O)c1cc(NC(C)=O)ccc1F)C(=O)O. The van der Waals surface area contributed by atoms with Crippen LogP contribution in [0, 0.1) is 5.82 Å². The minimum Gasteiger partial charge on any atom is -0.480 e. The Labute approximate surface area is 127 Å². The van der Waals surface area contributed by atoms with Crippen LogP contribution in [0.3, 0.4) is 0 Å². The molecule has 6 nitrogen and oxygen atoms in total. The number of hydrogen-bond acceptors (Lipinski definition) is 3. The zero-order valence-corrected chi connectivity index (χ0v) is 12.2. The summed E-state index contributed by atoms with van der Waals surface area (Å²) in [6.07, 6.45) is 3.33. The van der Waals surface area contributed by atoms with E-state index in [2.05, 4.69) is 10.6 Å². The van der Waals surface area contributed by atoms with E-state index in [1.807, 2.05) is 0 Å². The third kappa shape index (κ3) is 5.01. The molecule has 22 heavy (non-hydrogen) atoms. The van der Waals surface area contributed by atoms with Gasteiger partial charge in [-0.1, -0.05) is 12.2 Å². The summed E-state index contributed by atoms with van der Waals surface area (Å²) in [5, 5.41) is 13.7. The zero-order valence-electron chi connectivity index (χ0n) is 12.2. The van der Waals surface area contributed by atoms with Crippen LogP contribution in [-0.4, -0.2) is 28.9 Å². The van der Waals surface area contributed by atoms with E-state index in [0.29, 0.717) is 0 Å². The molecule has 0 aliphatic carbocycles. The van der Waals surface area contributed by atoms with Crippen molar-refractivity contribution in [2.24, 2.45) is 0 Å². The maximum atomic E-state index is 13.7. The standard InChI is InChI=1S/C15H17FN2O4/c1-3-4-5-13(15(21)22)18-14(20)11-8-10(17-9(2)19)6-7-12(11)16/h3-4,6-8,13H,5H2,1-2H3,(H,17,19)(H,18,20)(H,21,22)/b4-3+. The van der Waals surface area contributed by atoms with Gasteiger partial charge in [-0.15, -0.1) is 0 Å². The molecular weight excluding hydrogens is 291 g/mol. The average Bonchev–Trinajstić information content (AvgIpc) is 2.44. The minimum absolute atomic E-state index is 0.0879. The number of aliphatic carboxylic acids is 1. The van der Waals surface area contributed by atoms with Crippen LogP contribution in [0.2, 0.25) is 0 Å². The molecule has 1 rings (SSSR count). The minimum atomic E-state index is -1.22. The summed E-state index contributed by atoms with van der Waals surface area (Å²) in [7, 11) is 0. The summed E-state index contributed by atoms with van der Waals surface area (Å²) in [4.78, 5) is 34.1. The highest BCUT2D eigenvalue weighted by atomic mass is 19.1. The van der Waals surface area contributed by atoms with Gasteiger partial charge in [-0.2, -0.15) is 0 Å². The summed E-state index contributed by atoms with van der Waals surface area (Å²) < 4.78 is 13.7. The van der Waals surface area contributed by atoms with Gasteiger partial charge in [0.25, 0.3) is 5.91 Å². The fraction of sp³-hybridized carbons (Fsp3) is 0.267. The first-order valence-corrected chi connectivity index (χ1v) is 6.57. The number of carbonyl (C=O) groups excluding carboxylic acids is 2. The van der Waals surface area contributed by atoms with Crippen LogP contribution in [0.5, 0.6) is 0 Å². The molecular formula is C15H17FN2O4. The Hall–Kier alpha value is -2.70. The Bertz CT molecular complexity index is 614. The van der Waals surface area contributed by atoms with Gasteiger partial charge in [0, 0.05) is 12.6 Å². The topological polar surface area (TPSA) is 95.5 Å². The molecule has 0 aliphatic heterocycles. The second-order valence-electron chi connectivity index (χ2n) is 4.54. The first-order valence-electron chi connectivity index (χ1n) is 6.57. The number of rotatable bonds is 6. The quantitative estimate of drug-likeness (QED) is 0.700. The number of hydrogen-bond donors (Lipinski definition) is 3. The van der Waals surface area contributed by atoms with Crippen LogP contribution < -0.4 is 10.6 Å². The van der Waals surface area contributed by atoms with E-state index in [-0.39, 0.29) is 23.6 Å². The van der Waals surface area contributed by atoms with Crippen molar-refractivity contribution in [3.63, 3.8) is 0 Å². The summed E-state index contributed by atoms with van der Waals surface area (Å²) in [5.41, 5.74) is -0.0858. The molecule has 0 saturated heterocycles. The zero-order chi connectivity index (χ0) is 16.7. The second kappa shape index (κ2) is 7.92. The number of amides is 2. The molecule has 0 radical (unpaired) electrons. The van der Waals surface area contributed by atoms with Crippen molar-refractivity contribution in [2.45, 2.75) is 26.3 Å². The number of anilines is 1. The lowest BCUT2D eigenvalue weighted by Gasteiger charge is -2.13. The Balaban J connectivity index is 2.95. The van der Waals surface area contributed by atoms with Crippen molar-refractivity contribution in [1.82, 2.24) is 5.32 Å². The second-order valence-corrected chi connectivity index (χ2v) is 4.54. The molecule has 1 aromatic rings. The first-order chi connectivity index (χ1) is 10.3. The van der Waals surface area contributed by atoms with Gasteiger partial charge in [-0.05, 0) is 31.5 Å². The molecule has 0 saturated carbocycles. The smallest absolute Gasteiger partial charge is 0.326 e. The molecule has 118 valence electrons. The van der Waals surface area contributed by atoms with E-state index in [1.165, 1.54) is 13.0 Å². The van der Waals surface area contributed by atoms with E-state index < -0.39 is 23.7 Å². The van der Waals surface area contributed by atoms with Crippen molar-refractivity contribution in [3.05, 3.63) is 41.7 Å². The van der Waals surface area contributed by atoms with Crippen molar-refractivity contribution in [1.29, 1.82) is 0 Å². The molecule has 0 bridgehead atoms. The maximum absolute atomic E-state index is 13.7. The number of carboxylic acid groups (broad SMARTS) is 1. The monoisotopic (exact) mass is 308 g/mol. The van der Waals surface area contributed by atoms with E-state index in [1.54, 1.807) is 19.1 Å². The third-order valence-corrected chi connectivity index (χ3v) is 2.74. The molecule has 0 fully saturated rings. The fourth-order valence-electron chi connectivity index (χ4n) is 1.71. The van der Waals surface area contributed by atoms with Crippen molar-refractivity contribution >= 4 is 23.5 Å². The largest absolute Gasteiger partial charge is 0.480 e. The molecule has 1 aromatic carbocycles. The Morgan fingerprint density at radius 2 is 2.05 bits per heavy atom. The number of carbonyl (C=O) groups is 3. The van der Waals surface area contributed by atoms with Crippen molar-refractivity contribution in [3.8, 4) is 0 Å². The lowest BCUT2D eigenvalue weighted by atomic mass is 10.1. The number of carboxylic acids is 1. The fourth-order valence-corrected chi connectivity index (χ4v) is 1.71. The van der Waals surface area contributed by atoms with Gasteiger partial charge in [0.1, 0.15) is 11.9 Å². The van der Waals surface area contributed by atoms with Crippen LogP contribution >= 0.6 is 0 Å². The van der Waals surface area contributed by atoms with E-state index >= 15 is 0 Å². The van der Waals surface area contributed by atoms with Gasteiger partial charge in [0.05, 0.1) is 5.56 Å². The number of allylic oxidation sites excluding steroid dienone is 1. The summed E-state index contributed by atoms with van der Waals surface area (Å²) in [5.74, 6) is -3.25. The molecule has 1 unspecified atom stereocenters. The van der Waals surface area contributed by atoms with E-state index in [9.17, 15) is 18.8 Å². The average molecular weight is 308 g/mol. The van der Waals surface area contributed by atoms with Crippen LogP contribution in [0.1, 0.15) is 30.6 Å². The normalized spacial score (nSPS) is 12.0. The predicted octanol–water partition coefficient (Wildman–Crippen LogP) is 1.93. The summed E-state index contributed by atoms with van der Waals surface area (Å²) in [6.45, 7) is 3.00. The van der Waals surface area contributed by atoms with E-state index in [0.717, 1.165) is 12.1 Å². The molecule has 0 heterocycles. The lowest BCUT2D eigenvalue weighted by Crippen LogP contribution is -2.40. The molecule has 0 spiro atoms. The molecule has 0 aromatic heterocycles. The maximum Gasteiger partial charge on any atom is 0.326 e. The number of halogens is 1. The highest BCUT2D eigenvalue weighted by molar-refractivity contribution is 5.98. The molecule has 7 heteroatoms. The Kier molecular flexibility index (Phi) is 6.25. The lowest BCUT2D eigenvalue weighted by molar-refractivity contribution is -0.139. The van der Waals surface area contributed by atoms with Gasteiger partial charge >= 0.3 is 5.97 Å². The molecule has 3 N–H and O–H groups in total. The Morgan fingerprint density at radius 1 is 1.36 bits per heavy atom. The molecule has 2 amide bonds. The summed E-state index contributed by atoms with van der Waals surface area (Å²) in [6, 6.07) is 2.33. The summed E-state index contributed by atoms with van der Waals surface area (Å²) >= 11 is 0. The van der Waals surface area contributed by atoms with Gasteiger partial charge in [0.2, 0.25) is 5.91 Å². The van der Waals surface area contributed by atoms with Gasteiger partial charge in [0.15, 0.2) is 0 Å². The number of nitrogens with one attached hydrogen (secondary N) is 2. The third-order valence-electron chi connectivity index (χ3n) is 2.74. The van der Waals surface area contributed by atoms with Crippen molar-refractivity contribution in [2.75, 3.05) is 5.32 Å². The molecule has 0 aliphatic rings. The van der Waals surface area contributed by atoms with Crippen LogP contribution in [0.4, 0.5) is 10.1 Å².